The van der Waals surface area contributed by atoms with Crippen molar-refractivity contribution in [1.29, 1.82) is 0 Å². The third-order valence-corrected chi connectivity index (χ3v) is 7.02. The van der Waals surface area contributed by atoms with Crippen molar-refractivity contribution in [3.05, 3.63) is 59.7 Å². The van der Waals surface area contributed by atoms with Crippen molar-refractivity contribution in [3.8, 4) is 11.1 Å². The third kappa shape index (κ3) is 5.65. The van der Waals surface area contributed by atoms with Crippen LogP contribution in [-0.2, 0) is 14.3 Å². The number of aliphatic carboxylic acids is 1. The second-order valence-electron chi connectivity index (χ2n) is 9.58. The molecule has 2 aromatic rings. The maximum Gasteiger partial charge on any atom is 0.407 e. The number of amides is 2. The second kappa shape index (κ2) is 10.5. The minimum Gasteiger partial charge on any atom is -0.481 e. The molecule has 2 aliphatic rings. The molecule has 1 fully saturated rings. The molecule has 2 amide bonds. The van der Waals surface area contributed by atoms with Gasteiger partial charge in [-0.25, -0.2) is 4.79 Å². The zero-order valence-corrected chi connectivity index (χ0v) is 19.9. The van der Waals surface area contributed by atoms with Gasteiger partial charge in [-0.2, -0.15) is 0 Å². The average Bonchev–Trinajstić information content (AvgIpc) is 3.41. The topological polar surface area (TPSA) is 116 Å². The number of carboxylic acid groups (broad SMARTS) is 1. The number of likely N-dealkylation sites (N-methyl/N-ethyl adjacent to an activating group) is 1. The lowest BCUT2D eigenvalue weighted by Crippen LogP contribution is -2.51. The third-order valence-electron chi connectivity index (χ3n) is 7.02. The molecular formula is C27H32N2O6. The molecule has 2 aliphatic carbocycles. The van der Waals surface area contributed by atoms with Crippen LogP contribution in [0.4, 0.5) is 4.79 Å². The summed E-state index contributed by atoms with van der Waals surface area (Å²) in [6.07, 6.45) is 1.91. The van der Waals surface area contributed by atoms with E-state index in [1.165, 1.54) is 4.90 Å². The Morgan fingerprint density at radius 3 is 2.20 bits per heavy atom. The SMILES string of the molecule is CN(CC1(O)CCCC1)C(=O)C(CCC(=O)O)NC(=O)OCC1c2ccccc2-c2ccccc21. The molecular weight excluding hydrogens is 448 g/mol. The highest BCUT2D eigenvalue weighted by molar-refractivity contribution is 5.86. The fraction of sp³-hybridized carbons (Fsp3) is 0.444. The van der Waals surface area contributed by atoms with Crippen molar-refractivity contribution in [2.75, 3.05) is 20.2 Å². The zero-order valence-electron chi connectivity index (χ0n) is 19.9. The van der Waals surface area contributed by atoms with Crippen LogP contribution in [0.5, 0.6) is 0 Å². The maximum absolute atomic E-state index is 13.1. The smallest absolute Gasteiger partial charge is 0.407 e. The summed E-state index contributed by atoms with van der Waals surface area (Å²) in [5.41, 5.74) is 3.43. The predicted molar refractivity (Wildman–Crippen MR) is 130 cm³/mol. The summed E-state index contributed by atoms with van der Waals surface area (Å²) in [5.74, 6) is -1.63. The highest BCUT2D eigenvalue weighted by atomic mass is 16.5. The molecule has 0 bridgehead atoms. The Kier molecular flexibility index (Phi) is 7.40. The van der Waals surface area contributed by atoms with Crippen molar-refractivity contribution in [3.63, 3.8) is 0 Å². The normalized spacial score (nSPS) is 16.7. The van der Waals surface area contributed by atoms with E-state index in [0.29, 0.717) is 12.8 Å². The first-order chi connectivity index (χ1) is 16.8. The molecule has 0 heterocycles. The first-order valence-electron chi connectivity index (χ1n) is 12.1. The van der Waals surface area contributed by atoms with E-state index in [0.717, 1.165) is 35.1 Å². The van der Waals surface area contributed by atoms with Gasteiger partial charge in [0.05, 0.1) is 5.60 Å². The summed E-state index contributed by atoms with van der Waals surface area (Å²) in [6.45, 7) is 0.233. The number of alkyl carbamates (subject to hydrolysis) is 1. The number of nitrogens with zero attached hydrogens (tertiary/aromatic N) is 1. The molecule has 1 atom stereocenters. The molecule has 35 heavy (non-hydrogen) atoms. The Balaban J connectivity index is 1.41. The molecule has 8 nitrogen and oxygen atoms in total. The van der Waals surface area contributed by atoms with Crippen LogP contribution in [0, 0.1) is 0 Å². The van der Waals surface area contributed by atoms with Gasteiger partial charge in [-0.3, -0.25) is 9.59 Å². The van der Waals surface area contributed by atoms with Crippen LogP contribution in [0.25, 0.3) is 11.1 Å². The number of hydrogen-bond donors (Lipinski definition) is 3. The van der Waals surface area contributed by atoms with Crippen LogP contribution in [-0.4, -0.2) is 64.9 Å². The van der Waals surface area contributed by atoms with Crippen LogP contribution in [0.3, 0.4) is 0 Å². The van der Waals surface area contributed by atoms with E-state index in [9.17, 15) is 19.5 Å². The Morgan fingerprint density at radius 1 is 1.06 bits per heavy atom. The number of benzene rings is 2. The quantitative estimate of drug-likeness (QED) is 0.506. The number of carboxylic acids is 1. The molecule has 0 saturated heterocycles. The van der Waals surface area contributed by atoms with Crippen LogP contribution < -0.4 is 5.32 Å². The van der Waals surface area contributed by atoms with Gasteiger partial charge in [-0.1, -0.05) is 61.4 Å². The summed E-state index contributed by atoms with van der Waals surface area (Å²) in [5, 5.41) is 22.3. The molecule has 1 saturated carbocycles. The lowest BCUT2D eigenvalue weighted by atomic mass is 9.98. The van der Waals surface area contributed by atoms with E-state index in [4.69, 9.17) is 9.84 Å². The molecule has 4 rings (SSSR count). The van der Waals surface area contributed by atoms with Crippen LogP contribution in [0.15, 0.2) is 48.5 Å². The molecule has 3 N–H and O–H groups in total. The van der Waals surface area contributed by atoms with E-state index < -0.39 is 29.6 Å². The standard InChI is InChI=1S/C27H32N2O6/c1-29(17-27(34)14-6-7-15-27)25(32)23(12-13-24(30)31)28-26(33)35-16-22-20-10-4-2-8-18(20)19-9-3-5-11-21(19)22/h2-5,8-11,22-23,34H,6-7,12-17H2,1H3,(H,28,33)(H,30,31). The van der Waals surface area contributed by atoms with Gasteiger partial charge in [0, 0.05) is 25.9 Å². The van der Waals surface area contributed by atoms with Gasteiger partial charge in [0.1, 0.15) is 12.6 Å². The van der Waals surface area contributed by atoms with Gasteiger partial charge in [0.15, 0.2) is 0 Å². The summed E-state index contributed by atoms with van der Waals surface area (Å²) in [4.78, 5) is 38.3. The summed E-state index contributed by atoms with van der Waals surface area (Å²) in [6, 6.07) is 14.9. The number of rotatable bonds is 9. The zero-order chi connectivity index (χ0) is 25.0. The van der Waals surface area contributed by atoms with E-state index in [-0.39, 0.29) is 31.9 Å². The summed E-state index contributed by atoms with van der Waals surface area (Å²) in [7, 11) is 1.56. The van der Waals surface area contributed by atoms with E-state index >= 15 is 0 Å². The number of ether oxygens (including phenoxy) is 1. The average molecular weight is 481 g/mol. The molecule has 8 heteroatoms. The summed E-state index contributed by atoms with van der Waals surface area (Å²) < 4.78 is 5.54. The van der Waals surface area contributed by atoms with Gasteiger partial charge in [0.25, 0.3) is 0 Å². The molecule has 0 radical (unpaired) electrons. The predicted octanol–water partition coefficient (Wildman–Crippen LogP) is 3.52. The Hall–Kier alpha value is -3.39. The second-order valence-corrected chi connectivity index (χ2v) is 9.58. The highest BCUT2D eigenvalue weighted by Crippen LogP contribution is 2.44. The lowest BCUT2D eigenvalue weighted by Gasteiger charge is -2.31. The fourth-order valence-corrected chi connectivity index (χ4v) is 5.28. The van der Waals surface area contributed by atoms with Crippen molar-refractivity contribution >= 4 is 18.0 Å². The molecule has 186 valence electrons. The molecule has 2 aromatic carbocycles. The molecule has 0 aliphatic heterocycles. The Morgan fingerprint density at radius 2 is 1.63 bits per heavy atom. The van der Waals surface area contributed by atoms with Crippen LogP contribution in [0.2, 0.25) is 0 Å². The number of carbonyl (C=O) groups excluding carboxylic acids is 2. The molecule has 1 unspecified atom stereocenters. The monoisotopic (exact) mass is 480 g/mol. The largest absolute Gasteiger partial charge is 0.481 e. The summed E-state index contributed by atoms with van der Waals surface area (Å²) >= 11 is 0. The molecule has 0 spiro atoms. The van der Waals surface area contributed by atoms with Crippen LogP contribution >= 0.6 is 0 Å². The van der Waals surface area contributed by atoms with Crippen molar-refractivity contribution in [2.24, 2.45) is 0 Å². The molecule has 0 aromatic heterocycles. The van der Waals surface area contributed by atoms with Gasteiger partial charge in [0.2, 0.25) is 5.91 Å². The van der Waals surface area contributed by atoms with Crippen molar-refractivity contribution < 1.29 is 29.3 Å². The van der Waals surface area contributed by atoms with Gasteiger partial charge in [-0.15, -0.1) is 0 Å². The van der Waals surface area contributed by atoms with E-state index in [1.54, 1.807) is 7.05 Å². The van der Waals surface area contributed by atoms with Gasteiger partial charge < -0.3 is 25.2 Å². The maximum atomic E-state index is 13.1. The first kappa shape index (κ1) is 24.7. The number of aliphatic hydroxyl groups is 1. The van der Waals surface area contributed by atoms with Crippen LogP contribution in [0.1, 0.15) is 55.6 Å². The Bertz CT molecular complexity index is 1050. The van der Waals surface area contributed by atoms with Crippen molar-refractivity contribution in [2.45, 2.75) is 56.1 Å². The highest BCUT2D eigenvalue weighted by Gasteiger charge is 2.36. The number of carbonyl (C=O) groups is 3. The van der Waals surface area contributed by atoms with Gasteiger partial charge in [-0.05, 0) is 41.5 Å². The number of hydrogen-bond acceptors (Lipinski definition) is 5. The minimum absolute atomic E-state index is 0.0683. The number of fused-ring (bicyclic) bond motifs is 3. The van der Waals surface area contributed by atoms with Gasteiger partial charge >= 0.3 is 12.1 Å². The minimum atomic E-state index is -1.06. The van der Waals surface area contributed by atoms with E-state index in [2.05, 4.69) is 5.32 Å². The fourth-order valence-electron chi connectivity index (χ4n) is 5.28. The Labute approximate surface area is 204 Å². The number of nitrogens with one attached hydrogen (secondary N) is 1. The van der Waals surface area contributed by atoms with E-state index in [1.807, 2.05) is 48.5 Å². The lowest BCUT2D eigenvalue weighted by molar-refractivity contribution is -0.138. The first-order valence-corrected chi connectivity index (χ1v) is 12.1. The van der Waals surface area contributed by atoms with Crippen molar-refractivity contribution in [1.82, 2.24) is 10.2 Å².